The van der Waals surface area contributed by atoms with E-state index in [1.807, 2.05) is 13.0 Å². The second-order valence-corrected chi connectivity index (χ2v) is 7.45. The Morgan fingerprint density at radius 2 is 1.84 bits per heavy atom. The summed E-state index contributed by atoms with van der Waals surface area (Å²) in [5, 5.41) is 9.49. The molecule has 0 bridgehead atoms. The molecule has 0 radical (unpaired) electrons. The van der Waals surface area contributed by atoms with Crippen molar-refractivity contribution in [2.75, 3.05) is 6.61 Å². The molecule has 1 aliphatic carbocycles. The van der Waals surface area contributed by atoms with Gasteiger partial charge in [-0.05, 0) is 44.7 Å². The predicted octanol–water partition coefficient (Wildman–Crippen LogP) is 3.23. The quantitative estimate of drug-likeness (QED) is 0.253. The maximum atomic E-state index is 12.5. The van der Waals surface area contributed by atoms with Gasteiger partial charge in [0, 0.05) is 0 Å². The van der Waals surface area contributed by atoms with Gasteiger partial charge in [0.2, 0.25) is 5.76 Å². The molecule has 134 valence electrons. The molecule has 2 rings (SSSR count). The van der Waals surface area contributed by atoms with Gasteiger partial charge in [-0.15, -0.1) is 0 Å². The Balaban J connectivity index is 2.43. The Morgan fingerprint density at radius 3 is 2.36 bits per heavy atom. The number of nitriles is 1. The monoisotopic (exact) mass is 363 g/mol. The Kier molecular flexibility index (Phi) is 6.21. The molecule has 1 aromatic carbocycles. The molecule has 25 heavy (non-hydrogen) atoms. The molecule has 0 amide bonds. The minimum Gasteiger partial charge on any atom is -0.460 e. The normalized spacial score (nSPS) is 16.0. The molecular formula is C18H21NO5S. The zero-order chi connectivity index (χ0) is 18.4. The third kappa shape index (κ3) is 4.60. The van der Waals surface area contributed by atoms with E-state index in [4.69, 9.17) is 8.92 Å². The third-order valence-electron chi connectivity index (χ3n) is 4.09. The highest BCUT2D eigenvalue weighted by molar-refractivity contribution is 7.86. The minimum atomic E-state index is -4.23. The second kappa shape index (κ2) is 8.17. The summed E-state index contributed by atoms with van der Waals surface area (Å²) in [6.07, 6.45) is 3.30. The zero-order valence-corrected chi connectivity index (χ0v) is 15.1. The van der Waals surface area contributed by atoms with Crippen molar-refractivity contribution >= 4 is 16.1 Å². The average molecular weight is 363 g/mol. The van der Waals surface area contributed by atoms with Crippen LogP contribution in [0.2, 0.25) is 0 Å². The molecule has 1 aliphatic rings. The lowest BCUT2D eigenvalue weighted by atomic mass is 9.97. The fourth-order valence-corrected chi connectivity index (χ4v) is 3.73. The van der Waals surface area contributed by atoms with Crippen LogP contribution in [-0.4, -0.2) is 21.0 Å². The number of carbonyl (C=O) groups is 1. The number of allylic oxidation sites excluding steroid dienone is 1. The molecule has 0 aromatic heterocycles. The van der Waals surface area contributed by atoms with E-state index < -0.39 is 21.8 Å². The number of hydrogen-bond donors (Lipinski definition) is 0. The number of ether oxygens (including phenoxy) is 1. The zero-order valence-electron chi connectivity index (χ0n) is 14.3. The summed E-state index contributed by atoms with van der Waals surface area (Å²) in [7, 11) is -4.23. The number of benzene rings is 1. The van der Waals surface area contributed by atoms with Crippen LogP contribution in [0.15, 0.2) is 40.5 Å². The molecule has 0 unspecified atom stereocenters. The highest BCUT2D eigenvalue weighted by Gasteiger charge is 2.31. The topological polar surface area (TPSA) is 93.5 Å². The first-order valence-electron chi connectivity index (χ1n) is 8.21. The van der Waals surface area contributed by atoms with Gasteiger partial charge in [0.1, 0.15) is 4.90 Å². The van der Waals surface area contributed by atoms with Crippen LogP contribution < -0.4 is 0 Å². The van der Waals surface area contributed by atoms with Gasteiger partial charge >= 0.3 is 16.1 Å². The Morgan fingerprint density at radius 1 is 1.24 bits per heavy atom. The van der Waals surface area contributed by atoms with Crippen molar-refractivity contribution in [3.63, 3.8) is 0 Å². The van der Waals surface area contributed by atoms with Crippen molar-refractivity contribution in [1.29, 1.82) is 5.26 Å². The Hall–Kier alpha value is -2.33. The first-order valence-corrected chi connectivity index (χ1v) is 9.62. The van der Waals surface area contributed by atoms with Crippen LogP contribution in [0.1, 0.15) is 38.2 Å². The molecule has 1 aromatic rings. The number of rotatable bonds is 6. The van der Waals surface area contributed by atoms with E-state index in [9.17, 15) is 18.5 Å². The molecular weight excluding hydrogens is 342 g/mol. The molecule has 7 heteroatoms. The number of nitrogens with zero attached hydrogens (tertiary/aromatic N) is 1. The van der Waals surface area contributed by atoms with Gasteiger partial charge in [0.15, 0.2) is 0 Å². The largest absolute Gasteiger partial charge is 0.460 e. The highest BCUT2D eigenvalue weighted by Crippen LogP contribution is 2.34. The van der Waals surface area contributed by atoms with Crippen LogP contribution in [0.3, 0.4) is 0 Å². The summed E-state index contributed by atoms with van der Waals surface area (Å²) in [5.74, 6) is -1.63. The van der Waals surface area contributed by atoms with Crippen LogP contribution in [0, 0.1) is 24.2 Å². The summed E-state index contributed by atoms with van der Waals surface area (Å²) >= 11 is 0. The van der Waals surface area contributed by atoms with Crippen molar-refractivity contribution in [1.82, 2.24) is 0 Å². The van der Waals surface area contributed by atoms with Crippen molar-refractivity contribution < 1.29 is 22.1 Å². The molecule has 0 atom stereocenters. The Labute approximate surface area is 148 Å². The molecule has 6 nitrogen and oxygen atoms in total. The summed E-state index contributed by atoms with van der Waals surface area (Å²) in [6.45, 7) is 3.49. The summed E-state index contributed by atoms with van der Waals surface area (Å²) in [5.41, 5.74) is 0.940. The third-order valence-corrected chi connectivity index (χ3v) is 5.33. The summed E-state index contributed by atoms with van der Waals surface area (Å²) < 4.78 is 35.1. The fraction of sp³-hybridized carbons (Fsp3) is 0.444. The van der Waals surface area contributed by atoms with Crippen molar-refractivity contribution in [3.05, 3.63) is 41.2 Å². The van der Waals surface area contributed by atoms with Crippen LogP contribution in [0.25, 0.3) is 0 Å². The first-order chi connectivity index (χ1) is 11.9. The van der Waals surface area contributed by atoms with Crippen molar-refractivity contribution in [2.45, 2.75) is 44.4 Å². The number of esters is 1. The van der Waals surface area contributed by atoms with Gasteiger partial charge in [-0.3, -0.25) is 0 Å². The van der Waals surface area contributed by atoms with E-state index in [0.29, 0.717) is 0 Å². The van der Waals surface area contributed by atoms with Crippen LogP contribution >= 0.6 is 0 Å². The van der Waals surface area contributed by atoms with E-state index in [0.717, 1.165) is 31.2 Å². The van der Waals surface area contributed by atoms with E-state index in [1.54, 1.807) is 19.1 Å². The first kappa shape index (κ1) is 19.0. The molecule has 0 heterocycles. The number of aryl methyl sites for hydroxylation is 1. The van der Waals surface area contributed by atoms with Crippen molar-refractivity contribution in [3.8, 4) is 6.07 Å². The maximum Gasteiger partial charge on any atom is 0.376 e. The molecule has 1 saturated carbocycles. The number of hydrogen-bond acceptors (Lipinski definition) is 6. The van der Waals surface area contributed by atoms with Crippen LogP contribution in [0.4, 0.5) is 0 Å². The van der Waals surface area contributed by atoms with E-state index >= 15 is 0 Å². The van der Waals surface area contributed by atoms with E-state index in [1.165, 1.54) is 12.1 Å². The standard InChI is InChI=1S/C18H21NO5S/c1-3-23-18(20)17(16(12-19)14-6-4-5-7-14)24-25(21,22)15-10-8-13(2)9-11-15/h8-11,14H,3-7H2,1-2H3/b17-16+. The lowest BCUT2D eigenvalue weighted by molar-refractivity contribution is -0.141. The fourth-order valence-electron chi connectivity index (χ4n) is 2.79. The van der Waals surface area contributed by atoms with Gasteiger partial charge in [0.05, 0.1) is 18.2 Å². The second-order valence-electron chi connectivity index (χ2n) is 5.91. The van der Waals surface area contributed by atoms with E-state index in [-0.39, 0.29) is 23.0 Å². The van der Waals surface area contributed by atoms with Gasteiger partial charge in [-0.25, -0.2) is 4.79 Å². The van der Waals surface area contributed by atoms with Crippen molar-refractivity contribution in [2.24, 2.45) is 5.92 Å². The molecule has 0 saturated heterocycles. The highest BCUT2D eigenvalue weighted by atomic mass is 32.2. The smallest absolute Gasteiger partial charge is 0.376 e. The average Bonchev–Trinajstić information content (AvgIpc) is 3.09. The summed E-state index contributed by atoms with van der Waals surface area (Å²) in [6, 6.07) is 8.01. The lowest BCUT2D eigenvalue weighted by Crippen LogP contribution is -2.19. The minimum absolute atomic E-state index is 0.0478. The van der Waals surface area contributed by atoms with Crippen LogP contribution in [-0.2, 0) is 23.8 Å². The van der Waals surface area contributed by atoms with Gasteiger partial charge in [0.25, 0.3) is 0 Å². The van der Waals surface area contributed by atoms with Crippen LogP contribution in [0.5, 0.6) is 0 Å². The number of carbonyl (C=O) groups excluding carboxylic acids is 1. The lowest BCUT2D eigenvalue weighted by Gasteiger charge is -2.15. The molecule has 1 fully saturated rings. The van der Waals surface area contributed by atoms with Gasteiger partial charge < -0.3 is 8.92 Å². The molecule has 0 N–H and O–H groups in total. The van der Waals surface area contributed by atoms with Gasteiger partial charge in [-0.2, -0.15) is 13.7 Å². The maximum absolute atomic E-state index is 12.5. The summed E-state index contributed by atoms with van der Waals surface area (Å²) in [4.78, 5) is 12.2. The van der Waals surface area contributed by atoms with E-state index in [2.05, 4.69) is 0 Å². The Bertz CT molecular complexity index is 797. The molecule has 0 spiro atoms. The molecule has 0 aliphatic heterocycles. The predicted molar refractivity (Wildman–Crippen MR) is 90.7 cm³/mol. The van der Waals surface area contributed by atoms with Gasteiger partial charge in [-0.1, -0.05) is 30.5 Å². The SMILES string of the molecule is CCOC(=O)/C(OS(=O)(=O)c1ccc(C)cc1)=C(/C#N)C1CCCC1.